The lowest BCUT2D eigenvalue weighted by Crippen LogP contribution is -2.35. The molecule has 1 aliphatic carbocycles. The average Bonchev–Trinajstić information content (AvgIpc) is 3.07. The number of halogens is 2. The quantitative estimate of drug-likeness (QED) is 0.914. The minimum atomic E-state index is -0.543. The smallest absolute Gasteiger partial charge is 0.149 e. The van der Waals surface area contributed by atoms with Gasteiger partial charge >= 0.3 is 0 Å². The molecule has 20 heavy (non-hydrogen) atoms. The van der Waals surface area contributed by atoms with E-state index in [1.54, 1.807) is 0 Å². The fourth-order valence-electron chi connectivity index (χ4n) is 3.89. The molecule has 0 bridgehead atoms. The van der Waals surface area contributed by atoms with Gasteiger partial charge in [0, 0.05) is 12.6 Å². The molecule has 1 aromatic rings. The molecule has 4 heteroatoms. The summed E-state index contributed by atoms with van der Waals surface area (Å²) in [6.07, 6.45) is 6.87. The monoisotopic (exact) mass is 281 g/mol. The highest BCUT2D eigenvalue weighted by atomic mass is 19.1. The third kappa shape index (κ3) is 2.41. The van der Waals surface area contributed by atoms with E-state index in [4.69, 9.17) is 5.11 Å². The Morgan fingerprint density at radius 2 is 1.70 bits per heavy atom. The largest absolute Gasteiger partial charge is 0.392 e. The summed E-state index contributed by atoms with van der Waals surface area (Å²) < 4.78 is 28.4. The first-order valence-electron chi connectivity index (χ1n) is 7.56. The minimum Gasteiger partial charge on any atom is -0.392 e. The molecule has 1 aliphatic heterocycles. The lowest BCUT2D eigenvalue weighted by Gasteiger charge is -2.32. The molecule has 1 aromatic carbocycles. The molecule has 1 saturated heterocycles. The van der Waals surface area contributed by atoms with E-state index in [0.717, 1.165) is 19.4 Å². The van der Waals surface area contributed by atoms with Gasteiger partial charge < -0.3 is 10.0 Å². The zero-order valence-corrected chi connectivity index (χ0v) is 11.6. The second-order valence-corrected chi connectivity index (χ2v) is 6.01. The molecule has 2 nitrogen and oxygen atoms in total. The highest BCUT2D eigenvalue weighted by Crippen LogP contribution is 2.39. The van der Waals surface area contributed by atoms with Crippen LogP contribution in [0.1, 0.15) is 44.1 Å². The standard InChI is InChI=1S/C16H21F2NO/c17-13-8-11(10-20)9-14(18)16(13)19-7-3-6-15(19)12-4-1-2-5-12/h8-9,12,15,20H,1-7,10H2. The maximum Gasteiger partial charge on any atom is 0.149 e. The Morgan fingerprint density at radius 1 is 1.05 bits per heavy atom. The molecule has 0 amide bonds. The number of rotatable bonds is 3. The van der Waals surface area contributed by atoms with Gasteiger partial charge in [0.05, 0.1) is 6.61 Å². The molecule has 0 radical (unpaired) electrons. The zero-order valence-electron chi connectivity index (χ0n) is 11.6. The fourth-order valence-corrected chi connectivity index (χ4v) is 3.89. The Balaban J connectivity index is 1.91. The molecule has 1 atom stereocenters. The molecule has 110 valence electrons. The zero-order chi connectivity index (χ0) is 14.1. The highest BCUT2D eigenvalue weighted by Gasteiger charge is 2.35. The summed E-state index contributed by atoms with van der Waals surface area (Å²) in [5, 5.41) is 9.02. The van der Waals surface area contributed by atoms with Crippen molar-refractivity contribution in [1.29, 1.82) is 0 Å². The van der Waals surface area contributed by atoms with Crippen LogP contribution in [0, 0.1) is 17.6 Å². The Labute approximate surface area is 118 Å². The van der Waals surface area contributed by atoms with E-state index in [0.29, 0.717) is 11.5 Å². The van der Waals surface area contributed by atoms with E-state index in [1.165, 1.54) is 37.8 Å². The molecule has 0 aromatic heterocycles. The predicted molar refractivity (Wildman–Crippen MR) is 74.6 cm³/mol. The lowest BCUT2D eigenvalue weighted by molar-refractivity contribution is 0.280. The topological polar surface area (TPSA) is 23.5 Å². The van der Waals surface area contributed by atoms with Crippen molar-refractivity contribution in [3.63, 3.8) is 0 Å². The molecular formula is C16H21F2NO. The molecular weight excluding hydrogens is 260 g/mol. The summed E-state index contributed by atoms with van der Waals surface area (Å²) in [5.41, 5.74) is 0.400. The van der Waals surface area contributed by atoms with Crippen LogP contribution in [0.4, 0.5) is 14.5 Å². The summed E-state index contributed by atoms with van der Waals surface area (Å²) in [5.74, 6) is -0.508. The highest BCUT2D eigenvalue weighted by molar-refractivity contribution is 5.52. The van der Waals surface area contributed by atoms with Crippen LogP contribution in [0.3, 0.4) is 0 Å². The summed E-state index contributed by atoms with van der Waals surface area (Å²) in [4.78, 5) is 1.93. The van der Waals surface area contributed by atoms with Crippen molar-refractivity contribution >= 4 is 5.69 Å². The van der Waals surface area contributed by atoms with Crippen LogP contribution in [0.25, 0.3) is 0 Å². The van der Waals surface area contributed by atoms with Crippen molar-refractivity contribution in [3.05, 3.63) is 29.3 Å². The normalized spacial score (nSPS) is 23.8. The van der Waals surface area contributed by atoms with Crippen molar-refractivity contribution in [2.24, 2.45) is 5.92 Å². The van der Waals surface area contributed by atoms with Crippen LogP contribution in [0.5, 0.6) is 0 Å². The first kappa shape index (κ1) is 13.8. The number of hydrogen-bond donors (Lipinski definition) is 1. The first-order chi connectivity index (χ1) is 9.70. The summed E-state index contributed by atoms with van der Waals surface area (Å²) in [6.45, 7) is 0.396. The van der Waals surface area contributed by atoms with Gasteiger partial charge in [-0.05, 0) is 49.3 Å². The van der Waals surface area contributed by atoms with Crippen LogP contribution in [0.15, 0.2) is 12.1 Å². The third-order valence-electron chi connectivity index (χ3n) is 4.79. The van der Waals surface area contributed by atoms with Crippen LogP contribution >= 0.6 is 0 Å². The second kappa shape index (κ2) is 5.68. The summed E-state index contributed by atoms with van der Waals surface area (Å²) in [7, 11) is 0. The van der Waals surface area contributed by atoms with E-state index in [1.807, 2.05) is 4.90 Å². The maximum absolute atomic E-state index is 14.2. The van der Waals surface area contributed by atoms with Gasteiger partial charge in [-0.25, -0.2) is 8.78 Å². The number of nitrogens with zero attached hydrogens (tertiary/aromatic N) is 1. The lowest BCUT2D eigenvalue weighted by atomic mass is 9.95. The predicted octanol–water partition coefficient (Wildman–Crippen LogP) is 3.62. The second-order valence-electron chi connectivity index (χ2n) is 6.01. The number of aliphatic hydroxyl groups is 1. The summed E-state index contributed by atoms with van der Waals surface area (Å²) >= 11 is 0. The Morgan fingerprint density at radius 3 is 2.30 bits per heavy atom. The van der Waals surface area contributed by atoms with Gasteiger partial charge in [-0.2, -0.15) is 0 Å². The minimum absolute atomic E-state index is 0.108. The van der Waals surface area contributed by atoms with E-state index in [9.17, 15) is 8.78 Å². The molecule has 2 fully saturated rings. The molecule has 1 saturated carbocycles. The van der Waals surface area contributed by atoms with Gasteiger partial charge in [0.25, 0.3) is 0 Å². The van der Waals surface area contributed by atoms with Gasteiger partial charge in [-0.3, -0.25) is 0 Å². The fraction of sp³-hybridized carbons (Fsp3) is 0.625. The van der Waals surface area contributed by atoms with Crippen molar-refractivity contribution in [2.45, 2.75) is 51.2 Å². The first-order valence-corrected chi connectivity index (χ1v) is 7.56. The maximum atomic E-state index is 14.2. The number of hydrogen-bond acceptors (Lipinski definition) is 2. The molecule has 3 rings (SSSR count). The van der Waals surface area contributed by atoms with Crippen molar-refractivity contribution in [1.82, 2.24) is 0 Å². The summed E-state index contributed by atoms with van der Waals surface area (Å²) in [6, 6.07) is 2.78. The number of benzene rings is 1. The third-order valence-corrected chi connectivity index (χ3v) is 4.79. The van der Waals surface area contributed by atoms with Gasteiger partial charge in [0.15, 0.2) is 0 Å². The van der Waals surface area contributed by atoms with Gasteiger partial charge in [0.2, 0.25) is 0 Å². The molecule has 0 spiro atoms. The van der Waals surface area contributed by atoms with Crippen LogP contribution in [-0.4, -0.2) is 17.7 Å². The van der Waals surface area contributed by atoms with Crippen molar-refractivity contribution < 1.29 is 13.9 Å². The van der Waals surface area contributed by atoms with Gasteiger partial charge in [-0.1, -0.05) is 12.8 Å². The van der Waals surface area contributed by atoms with E-state index in [2.05, 4.69) is 0 Å². The van der Waals surface area contributed by atoms with Crippen LogP contribution in [-0.2, 0) is 6.61 Å². The van der Waals surface area contributed by atoms with E-state index < -0.39 is 11.6 Å². The SMILES string of the molecule is OCc1cc(F)c(N2CCCC2C2CCCC2)c(F)c1. The van der Waals surface area contributed by atoms with Crippen LogP contribution in [0.2, 0.25) is 0 Å². The number of anilines is 1. The van der Waals surface area contributed by atoms with Crippen LogP contribution < -0.4 is 4.90 Å². The van der Waals surface area contributed by atoms with Gasteiger partial charge in [-0.15, -0.1) is 0 Å². The Kier molecular flexibility index (Phi) is 3.92. The molecule has 2 aliphatic rings. The Hall–Kier alpha value is -1.16. The van der Waals surface area contributed by atoms with Crippen molar-refractivity contribution in [2.75, 3.05) is 11.4 Å². The Bertz CT molecular complexity index is 462. The molecule has 1 unspecified atom stereocenters. The number of aliphatic hydroxyl groups excluding tert-OH is 1. The van der Waals surface area contributed by atoms with Gasteiger partial charge in [0.1, 0.15) is 17.3 Å². The van der Waals surface area contributed by atoms with E-state index in [-0.39, 0.29) is 18.3 Å². The van der Waals surface area contributed by atoms with E-state index >= 15 is 0 Å². The average molecular weight is 281 g/mol. The molecule has 1 heterocycles. The molecule has 1 N–H and O–H groups in total. The van der Waals surface area contributed by atoms with Crippen molar-refractivity contribution in [3.8, 4) is 0 Å².